The Hall–Kier alpha value is -3.07. The molecule has 148 valence electrons. The summed E-state index contributed by atoms with van der Waals surface area (Å²) in [5.74, 6) is 0.922. The number of nitrogens with zero attached hydrogens (tertiary/aromatic N) is 4. The first kappa shape index (κ1) is 19.3. The van der Waals surface area contributed by atoms with Gasteiger partial charge in [0.15, 0.2) is 5.82 Å². The molecule has 2 heterocycles. The maximum atomic E-state index is 12.8. The summed E-state index contributed by atoms with van der Waals surface area (Å²) in [6, 6.07) is 16.2. The zero-order chi connectivity index (χ0) is 20.4. The van der Waals surface area contributed by atoms with E-state index < -0.39 is 11.7 Å². The fraction of sp³-hybridized carbons (Fsp3) is 0.150. The Morgan fingerprint density at radius 1 is 0.966 bits per heavy atom. The summed E-state index contributed by atoms with van der Waals surface area (Å²) in [5.41, 5.74) is 0.830. The lowest BCUT2D eigenvalue weighted by Crippen LogP contribution is -2.04. The number of thioether (sulfide) groups is 1. The van der Waals surface area contributed by atoms with Crippen molar-refractivity contribution in [2.45, 2.75) is 23.2 Å². The van der Waals surface area contributed by atoms with Crippen LogP contribution in [0.1, 0.15) is 22.6 Å². The largest absolute Gasteiger partial charge is 0.493 e. The van der Waals surface area contributed by atoms with E-state index in [1.165, 1.54) is 28.4 Å². The van der Waals surface area contributed by atoms with Gasteiger partial charge < -0.3 is 5.11 Å². The Morgan fingerprint density at radius 2 is 1.76 bits per heavy atom. The van der Waals surface area contributed by atoms with Gasteiger partial charge in [0, 0.05) is 23.1 Å². The molecule has 9 heteroatoms. The van der Waals surface area contributed by atoms with Crippen molar-refractivity contribution in [1.29, 1.82) is 0 Å². The Morgan fingerprint density at radius 3 is 2.52 bits per heavy atom. The van der Waals surface area contributed by atoms with Gasteiger partial charge in [-0.05, 0) is 23.8 Å². The molecular weight excluding hydrogens is 401 g/mol. The fourth-order valence-electron chi connectivity index (χ4n) is 2.79. The smallest absolute Gasteiger partial charge is 0.416 e. The summed E-state index contributed by atoms with van der Waals surface area (Å²) in [7, 11) is 0. The predicted octanol–water partition coefficient (Wildman–Crippen LogP) is 4.73. The van der Waals surface area contributed by atoms with Crippen LogP contribution in [0.4, 0.5) is 13.2 Å². The van der Waals surface area contributed by atoms with Crippen LogP contribution in [0.2, 0.25) is 0 Å². The van der Waals surface area contributed by atoms with Crippen LogP contribution < -0.4 is 0 Å². The molecule has 0 atom stereocenters. The minimum Gasteiger partial charge on any atom is -0.493 e. The van der Waals surface area contributed by atoms with Gasteiger partial charge in [-0.3, -0.25) is 0 Å². The molecule has 2 aromatic heterocycles. The van der Waals surface area contributed by atoms with Gasteiger partial charge in [0.2, 0.25) is 5.88 Å². The van der Waals surface area contributed by atoms with E-state index in [1.807, 2.05) is 30.3 Å². The van der Waals surface area contributed by atoms with Crippen LogP contribution in [0.5, 0.6) is 5.88 Å². The molecule has 0 aliphatic rings. The minimum absolute atomic E-state index is 0.124. The molecule has 1 N–H and O–H groups in total. The topological polar surface area (TPSA) is 63.3 Å². The second-order valence-corrected chi connectivity index (χ2v) is 7.37. The molecular formula is C20H15F3N4OS. The first-order valence-electron chi connectivity index (χ1n) is 8.67. The van der Waals surface area contributed by atoms with Gasteiger partial charge in [-0.1, -0.05) is 36.4 Å². The van der Waals surface area contributed by atoms with Crippen molar-refractivity contribution in [3.05, 3.63) is 83.3 Å². The van der Waals surface area contributed by atoms with Crippen molar-refractivity contribution in [2.75, 3.05) is 0 Å². The van der Waals surface area contributed by atoms with Crippen LogP contribution >= 0.6 is 11.8 Å². The van der Waals surface area contributed by atoms with Gasteiger partial charge in [0.05, 0.1) is 11.3 Å². The molecule has 4 rings (SSSR count). The second-order valence-electron chi connectivity index (χ2n) is 6.32. The van der Waals surface area contributed by atoms with Crippen LogP contribution in [0.15, 0.2) is 65.6 Å². The summed E-state index contributed by atoms with van der Waals surface area (Å²) in [6.07, 6.45) is -3.89. The van der Waals surface area contributed by atoms with Gasteiger partial charge in [0.1, 0.15) is 0 Å². The highest BCUT2D eigenvalue weighted by atomic mass is 32.2. The average molecular weight is 416 g/mol. The quantitative estimate of drug-likeness (QED) is 0.477. The number of aromatic hydroxyl groups is 1. The molecule has 0 bridgehead atoms. The summed E-state index contributed by atoms with van der Waals surface area (Å²) in [4.78, 5) is 9.19. The Kier molecular flexibility index (Phi) is 5.14. The van der Waals surface area contributed by atoms with Crippen LogP contribution in [0, 0.1) is 0 Å². The lowest BCUT2D eigenvalue weighted by molar-refractivity contribution is -0.137. The zero-order valence-corrected chi connectivity index (χ0v) is 15.8. The summed E-state index contributed by atoms with van der Waals surface area (Å²) in [5, 5.41) is 14.5. The second kappa shape index (κ2) is 7.75. The third-order valence-electron chi connectivity index (χ3n) is 4.14. The maximum Gasteiger partial charge on any atom is 0.416 e. The number of rotatable bonds is 5. The predicted molar refractivity (Wildman–Crippen MR) is 103 cm³/mol. The van der Waals surface area contributed by atoms with E-state index in [0.717, 1.165) is 17.7 Å². The third kappa shape index (κ3) is 4.51. The number of alkyl halides is 3. The summed E-state index contributed by atoms with van der Waals surface area (Å²) < 4.78 is 39.8. The van der Waals surface area contributed by atoms with Crippen molar-refractivity contribution in [3.8, 4) is 5.88 Å². The van der Waals surface area contributed by atoms with Crippen LogP contribution in [-0.4, -0.2) is 24.7 Å². The lowest BCUT2D eigenvalue weighted by Gasteiger charge is -2.08. The van der Waals surface area contributed by atoms with Crippen molar-refractivity contribution in [1.82, 2.24) is 19.6 Å². The Bertz CT molecular complexity index is 1150. The number of halogens is 3. The van der Waals surface area contributed by atoms with Gasteiger partial charge in [-0.2, -0.15) is 22.7 Å². The van der Waals surface area contributed by atoms with Gasteiger partial charge in [-0.15, -0.1) is 16.9 Å². The van der Waals surface area contributed by atoms with Crippen molar-refractivity contribution in [2.24, 2.45) is 0 Å². The molecule has 29 heavy (non-hydrogen) atoms. The van der Waals surface area contributed by atoms with E-state index in [0.29, 0.717) is 22.8 Å². The Balaban J connectivity index is 1.53. The zero-order valence-electron chi connectivity index (χ0n) is 15.0. The average Bonchev–Trinajstić information content (AvgIpc) is 3.10. The molecule has 5 nitrogen and oxygen atoms in total. The third-order valence-corrected chi connectivity index (χ3v) is 5.17. The highest BCUT2D eigenvalue weighted by Crippen LogP contribution is 2.32. The monoisotopic (exact) mass is 416 g/mol. The van der Waals surface area contributed by atoms with Gasteiger partial charge in [-0.25, -0.2) is 4.98 Å². The van der Waals surface area contributed by atoms with E-state index in [1.54, 1.807) is 6.07 Å². The number of hydrogen-bond acceptors (Lipinski definition) is 5. The van der Waals surface area contributed by atoms with Crippen LogP contribution in [0.25, 0.3) is 5.78 Å². The number of fused-ring (bicyclic) bond motifs is 1. The van der Waals surface area contributed by atoms with E-state index in [2.05, 4.69) is 15.1 Å². The minimum atomic E-state index is -4.39. The SMILES string of the molecule is Oc1cc(CSc2cccc(C(F)(F)F)c2)nc2nc(Cc3ccccc3)nn12. The number of hydrogen-bond donors (Lipinski definition) is 1. The molecule has 0 spiro atoms. The molecule has 0 aliphatic carbocycles. The highest BCUT2D eigenvalue weighted by molar-refractivity contribution is 7.98. The molecule has 0 fully saturated rings. The number of aromatic nitrogens is 4. The van der Waals surface area contributed by atoms with Gasteiger partial charge in [0.25, 0.3) is 5.78 Å². The first-order valence-corrected chi connectivity index (χ1v) is 9.65. The van der Waals surface area contributed by atoms with Crippen molar-refractivity contribution < 1.29 is 18.3 Å². The van der Waals surface area contributed by atoms with Crippen LogP contribution in [0.3, 0.4) is 0 Å². The molecule has 0 saturated carbocycles. The molecule has 0 amide bonds. The number of benzene rings is 2. The standard InChI is InChI=1S/C20H15F3N4OS/c21-20(22,23)14-7-4-8-16(10-14)29-12-15-11-18(28)27-19(24-15)25-17(26-27)9-13-5-2-1-3-6-13/h1-8,10-11,28H,9,12H2. The fourth-order valence-corrected chi connectivity index (χ4v) is 3.64. The normalized spacial score (nSPS) is 11.8. The summed E-state index contributed by atoms with van der Waals surface area (Å²) >= 11 is 1.20. The Labute approximate surface area is 168 Å². The molecule has 2 aromatic carbocycles. The maximum absolute atomic E-state index is 12.8. The van der Waals surface area contributed by atoms with Gasteiger partial charge >= 0.3 is 6.18 Å². The molecule has 0 radical (unpaired) electrons. The van der Waals surface area contributed by atoms with E-state index >= 15 is 0 Å². The first-order chi connectivity index (χ1) is 13.9. The molecule has 0 saturated heterocycles. The lowest BCUT2D eigenvalue weighted by atomic mass is 10.1. The van der Waals surface area contributed by atoms with E-state index in [-0.39, 0.29) is 17.4 Å². The van der Waals surface area contributed by atoms with E-state index in [4.69, 9.17) is 0 Å². The molecule has 4 aromatic rings. The molecule has 0 aliphatic heterocycles. The van der Waals surface area contributed by atoms with E-state index in [9.17, 15) is 18.3 Å². The summed E-state index contributed by atoms with van der Waals surface area (Å²) in [6.45, 7) is 0. The molecule has 0 unspecified atom stereocenters. The highest BCUT2D eigenvalue weighted by Gasteiger charge is 2.30. The van der Waals surface area contributed by atoms with Crippen LogP contribution in [-0.2, 0) is 18.3 Å². The van der Waals surface area contributed by atoms with Crippen molar-refractivity contribution in [3.63, 3.8) is 0 Å². The van der Waals surface area contributed by atoms with Crippen molar-refractivity contribution >= 4 is 17.5 Å².